The number of nitrogens with one attached hydrogen (secondary N) is 1. The van der Waals surface area contributed by atoms with Crippen molar-refractivity contribution in [2.75, 3.05) is 5.32 Å². The van der Waals surface area contributed by atoms with E-state index in [1.165, 1.54) is 4.80 Å². The van der Waals surface area contributed by atoms with Gasteiger partial charge in [0.15, 0.2) is 5.69 Å². The van der Waals surface area contributed by atoms with Crippen molar-refractivity contribution in [2.45, 2.75) is 3.79 Å². The van der Waals surface area contributed by atoms with Crippen molar-refractivity contribution in [1.82, 2.24) is 20.0 Å². The van der Waals surface area contributed by atoms with Gasteiger partial charge in [-0.3, -0.25) is 9.78 Å². The molecule has 0 aliphatic carbocycles. The van der Waals surface area contributed by atoms with E-state index in [1.807, 2.05) is 54.6 Å². The number of nitrogens with zero attached hydrogens (tertiary/aromatic N) is 4. The number of para-hydroxylation sites is 1. The van der Waals surface area contributed by atoms with E-state index < -0.39 is 9.70 Å². The summed E-state index contributed by atoms with van der Waals surface area (Å²) in [6, 6.07) is 18.7. The number of halogens is 3. The number of carbonyl (C=O) groups is 1. The van der Waals surface area contributed by atoms with Crippen LogP contribution in [0.5, 0.6) is 0 Å². The van der Waals surface area contributed by atoms with E-state index >= 15 is 0 Å². The van der Waals surface area contributed by atoms with Crippen LogP contribution in [0.1, 0.15) is 21.7 Å². The Bertz CT molecular complexity index is 1230. The van der Waals surface area contributed by atoms with Crippen LogP contribution in [0.2, 0.25) is 0 Å². The second-order valence-electron chi connectivity index (χ2n) is 6.28. The van der Waals surface area contributed by atoms with Crippen LogP contribution in [0, 0.1) is 0 Å². The van der Waals surface area contributed by atoms with E-state index in [0.29, 0.717) is 11.2 Å². The predicted molar refractivity (Wildman–Crippen MR) is 121 cm³/mol. The van der Waals surface area contributed by atoms with Crippen molar-refractivity contribution in [3.8, 4) is 0 Å². The maximum Gasteiger partial charge on any atom is 0.278 e. The molecule has 2 heterocycles. The molecule has 0 saturated heterocycles. The molecule has 0 bridgehead atoms. The van der Waals surface area contributed by atoms with Crippen molar-refractivity contribution in [2.24, 2.45) is 0 Å². The zero-order valence-corrected chi connectivity index (χ0v) is 17.6. The van der Waals surface area contributed by atoms with Gasteiger partial charge in [-0.25, -0.2) is 0 Å². The molecule has 1 amide bonds. The fraction of sp³-hybridized carbons (Fsp3) is 0.0476. The molecule has 2 aromatic heterocycles. The summed E-state index contributed by atoms with van der Waals surface area (Å²) in [5, 5.41) is 12.0. The third-order valence-electron chi connectivity index (χ3n) is 4.19. The fourth-order valence-electron chi connectivity index (χ4n) is 2.84. The number of hydrogen-bond acceptors (Lipinski definition) is 4. The highest BCUT2D eigenvalue weighted by Crippen LogP contribution is 2.38. The first-order chi connectivity index (χ1) is 14.4. The Hall–Kier alpha value is -2.93. The third-order valence-corrected chi connectivity index (χ3v) is 4.73. The maximum atomic E-state index is 13.0. The highest BCUT2D eigenvalue weighted by molar-refractivity contribution is 6.66. The van der Waals surface area contributed by atoms with Gasteiger partial charge in [0.05, 0.1) is 17.4 Å². The molecule has 0 radical (unpaired) electrons. The molecule has 0 saturated carbocycles. The highest BCUT2D eigenvalue weighted by atomic mass is 35.6. The molecule has 0 aliphatic heterocycles. The van der Waals surface area contributed by atoms with Gasteiger partial charge in [0.25, 0.3) is 5.91 Å². The largest absolute Gasteiger partial charge is 0.319 e. The molecule has 30 heavy (non-hydrogen) atoms. The van der Waals surface area contributed by atoms with Gasteiger partial charge in [-0.1, -0.05) is 83.3 Å². The van der Waals surface area contributed by atoms with Crippen LogP contribution >= 0.6 is 34.8 Å². The number of benzene rings is 2. The Morgan fingerprint density at radius 2 is 1.73 bits per heavy atom. The summed E-state index contributed by atoms with van der Waals surface area (Å²) in [6.45, 7) is 0. The minimum Gasteiger partial charge on any atom is -0.319 e. The number of alkyl halides is 3. The predicted octanol–water partition coefficient (Wildman–Crippen LogP) is 5.53. The number of rotatable bonds is 4. The molecular weight excluding hydrogens is 445 g/mol. The zero-order valence-electron chi connectivity index (χ0n) is 15.3. The lowest BCUT2D eigenvalue weighted by Gasteiger charge is -2.10. The summed E-state index contributed by atoms with van der Waals surface area (Å²) in [7, 11) is 0. The minimum absolute atomic E-state index is 0.0732. The van der Waals surface area contributed by atoms with Gasteiger partial charge in [-0.15, -0.1) is 10.2 Å². The third kappa shape index (κ3) is 4.46. The zero-order chi connectivity index (χ0) is 21.1. The van der Waals surface area contributed by atoms with Crippen molar-refractivity contribution in [3.63, 3.8) is 0 Å². The van der Waals surface area contributed by atoms with E-state index in [2.05, 4.69) is 20.5 Å². The van der Waals surface area contributed by atoms with Gasteiger partial charge in [-0.2, -0.15) is 4.80 Å². The Kier molecular flexibility index (Phi) is 5.72. The minimum atomic E-state index is -1.93. The van der Waals surface area contributed by atoms with Crippen LogP contribution in [0.25, 0.3) is 23.2 Å². The lowest BCUT2D eigenvalue weighted by Crippen LogP contribution is -2.17. The second-order valence-corrected chi connectivity index (χ2v) is 8.56. The van der Waals surface area contributed by atoms with Gasteiger partial charge >= 0.3 is 0 Å². The highest BCUT2D eigenvalue weighted by Gasteiger charge is 2.34. The smallest absolute Gasteiger partial charge is 0.278 e. The number of hydrogen-bond donors (Lipinski definition) is 1. The van der Waals surface area contributed by atoms with Crippen molar-refractivity contribution in [1.29, 1.82) is 0 Å². The number of fused-ring (bicyclic) bond motifs is 1. The van der Waals surface area contributed by atoms with E-state index in [9.17, 15) is 4.79 Å². The molecule has 0 atom stereocenters. The molecule has 0 aliphatic rings. The van der Waals surface area contributed by atoms with Gasteiger partial charge in [0.1, 0.15) is 5.69 Å². The van der Waals surface area contributed by atoms with E-state index in [1.54, 1.807) is 24.5 Å². The first kappa shape index (κ1) is 20.3. The molecule has 6 nitrogen and oxygen atoms in total. The van der Waals surface area contributed by atoms with Crippen molar-refractivity contribution < 1.29 is 4.79 Å². The Morgan fingerprint density at radius 1 is 0.967 bits per heavy atom. The standard InChI is InChI=1S/C21H14Cl3N5O/c22-21(23,24)19-18(27-29(28-19)13-11-14-6-2-1-3-7-14)20(30)26-16-10-4-8-15-9-5-12-25-17(15)16/h1-13H,(H,26,30)/b13-11+. The van der Waals surface area contributed by atoms with Gasteiger partial charge in [-0.05, 0) is 23.8 Å². The van der Waals surface area contributed by atoms with Crippen LogP contribution in [0.3, 0.4) is 0 Å². The summed E-state index contributed by atoms with van der Waals surface area (Å²) in [5.41, 5.74) is 1.91. The van der Waals surface area contributed by atoms with E-state index in [4.69, 9.17) is 34.8 Å². The lowest BCUT2D eigenvalue weighted by atomic mass is 10.2. The summed E-state index contributed by atoms with van der Waals surface area (Å²) in [4.78, 5) is 18.5. The summed E-state index contributed by atoms with van der Waals surface area (Å²) >= 11 is 18.1. The average Bonchev–Trinajstić information content (AvgIpc) is 3.18. The molecule has 0 fully saturated rings. The molecule has 2 aromatic carbocycles. The number of carbonyl (C=O) groups excluding carboxylic acids is 1. The first-order valence-electron chi connectivity index (χ1n) is 8.84. The Morgan fingerprint density at radius 3 is 2.50 bits per heavy atom. The van der Waals surface area contributed by atoms with Crippen molar-refractivity contribution >= 4 is 69.6 Å². The van der Waals surface area contributed by atoms with Crippen LogP contribution in [-0.2, 0) is 3.79 Å². The van der Waals surface area contributed by atoms with E-state index in [0.717, 1.165) is 10.9 Å². The summed E-state index contributed by atoms with van der Waals surface area (Å²) in [5.74, 6) is -0.561. The Balaban J connectivity index is 1.67. The molecular formula is C21H14Cl3N5O. The van der Waals surface area contributed by atoms with Gasteiger partial charge in [0, 0.05) is 11.6 Å². The number of anilines is 1. The fourth-order valence-corrected chi connectivity index (χ4v) is 3.22. The molecule has 4 rings (SSSR count). The number of aromatic nitrogens is 4. The van der Waals surface area contributed by atoms with Crippen LogP contribution in [-0.4, -0.2) is 25.9 Å². The SMILES string of the molecule is O=C(Nc1cccc2cccnc12)c1nn(/C=C/c2ccccc2)nc1C(Cl)(Cl)Cl. The second kappa shape index (κ2) is 8.44. The van der Waals surface area contributed by atoms with Crippen LogP contribution < -0.4 is 5.32 Å². The van der Waals surface area contributed by atoms with Gasteiger partial charge < -0.3 is 5.32 Å². The Labute approximate surface area is 187 Å². The molecule has 9 heteroatoms. The molecule has 150 valence electrons. The number of pyridine rings is 1. The molecule has 4 aromatic rings. The molecule has 1 N–H and O–H groups in total. The van der Waals surface area contributed by atoms with Gasteiger partial charge in [0.2, 0.25) is 3.79 Å². The first-order valence-corrected chi connectivity index (χ1v) is 9.97. The van der Waals surface area contributed by atoms with Crippen LogP contribution in [0.4, 0.5) is 5.69 Å². The molecule has 0 spiro atoms. The lowest BCUT2D eigenvalue weighted by molar-refractivity contribution is 0.102. The topological polar surface area (TPSA) is 72.7 Å². The van der Waals surface area contributed by atoms with Crippen molar-refractivity contribution in [3.05, 3.63) is 83.8 Å². The van der Waals surface area contributed by atoms with E-state index in [-0.39, 0.29) is 11.4 Å². The normalized spacial score (nSPS) is 11.8. The molecule has 0 unspecified atom stereocenters. The van der Waals surface area contributed by atoms with Crippen LogP contribution in [0.15, 0.2) is 66.9 Å². The number of amides is 1. The maximum absolute atomic E-state index is 13.0. The average molecular weight is 459 g/mol. The summed E-state index contributed by atoms with van der Waals surface area (Å²) in [6.07, 6.45) is 5.00. The monoisotopic (exact) mass is 457 g/mol. The quantitative estimate of drug-likeness (QED) is 0.408. The summed E-state index contributed by atoms with van der Waals surface area (Å²) < 4.78 is -1.93.